The Hall–Kier alpha value is -0.0151. The lowest BCUT2D eigenvalue weighted by molar-refractivity contribution is -0.104. The molecule has 1 saturated heterocycles. The number of unbranched alkanes of at least 4 members (excludes halogenated alkanes) is 14. The van der Waals surface area contributed by atoms with Crippen molar-refractivity contribution in [2.24, 2.45) is 22.2 Å². The Morgan fingerprint density at radius 3 is 1.30 bits per heavy atom. The van der Waals surface area contributed by atoms with Crippen LogP contribution >= 0.6 is 0 Å². The Kier molecular flexibility index (Phi) is 23.2. The monoisotopic (exact) mass is 659 g/mol. The topological polar surface area (TPSA) is 18.5 Å². The highest BCUT2D eigenvalue weighted by Crippen LogP contribution is 2.59. The molecular weight excluding hydrogens is 571 g/mol. The normalized spacial score (nSPS) is 24.4. The molecule has 0 aliphatic carbocycles. The maximum Gasteiger partial charge on any atom is 0.114 e. The van der Waals surface area contributed by atoms with Gasteiger partial charge >= 0.3 is 0 Å². The van der Waals surface area contributed by atoms with Crippen LogP contribution in [0, 0.1) is 22.2 Å². The molecule has 0 amide bonds. The van der Waals surface area contributed by atoms with Gasteiger partial charge < -0.3 is 9.47 Å². The summed E-state index contributed by atoms with van der Waals surface area (Å²) >= 11 is 0. The maximum atomic E-state index is 7.99. The van der Waals surface area contributed by atoms with E-state index in [9.17, 15) is 0 Å². The first-order valence-corrected chi connectivity index (χ1v) is 21.5. The largest absolute Gasteiger partial charge is 0.378 e. The minimum Gasteiger partial charge on any atom is -0.378 e. The Morgan fingerprint density at radius 1 is 0.511 bits per heavy atom. The zero-order valence-electron chi connectivity index (χ0n) is 34.2. The SMILES string of the molecule is [B][C@]1(CC(C)(CCCCCC)CCCCCC)OC(C(C)(CCCCC)CCCCCC)C(OC)C1C(C)(CCCC)CCCCC. The van der Waals surface area contributed by atoms with Crippen molar-refractivity contribution in [1.29, 1.82) is 0 Å². The third kappa shape index (κ3) is 15.0. The molecule has 2 radical (unpaired) electrons. The van der Waals surface area contributed by atoms with Crippen molar-refractivity contribution in [3.63, 3.8) is 0 Å². The number of hydrogen-bond donors (Lipinski definition) is 0. The van der Waals surface area contributed by atoms with Gasteiger partial charge in [-0.15, -0.1) is 0 Å². The predicted octanol–water partition coefficient (Wildman–Crippen LogP) is 14.6. The van der Waals surface area contributed by atoms with Crippen LogP contribution in [0.25, 0.3) is 0 Å². The molecule has 278 valence electrons. The van der Waals surface area contributed by atoms with Gasteiger partial charge in [0.05, 0.1) is 12.2 Å². The number of rotatable bonds is 31. The highest BCUT2D eigenvalue weighted by molar-refractivity contribution is 6.15. The molecule has 1 heterocycles. The highest BCUT2D eigenvalue weighted by atomic mass is 16.6. The first kappa shape index (κ1) is 45.0. The molecule has 6 atom stereocenters. The van der Waals surface area contributed by atoms with E-state index in [0.717, 1.165) is 6.42 Å². The lowest BCUT2D eigenvalue weighted by Gasteiger charge is -2.49. The summed E-state index contributed by atoms with van der Waals surface area (Å²) in [5.74, 6) is 0.208. The molecule has 0 aromatic carbocycles. The second kappa shape index (κ2) is 24.2. The summed E-state index contributed by atoms with van der Waals surface area (Å²) in [7, 11) is 9.98. The van der Waals surface area contributed by atoms with Crippen LogP contribution in [0.2, 0.25) is 0 Å². The van der Waals surface area contributed by atoms with Gasteiger partial charge in [0.15, 0.2) is 0 Å². The molecule has 0 spiro atoms. The van der Waals surface area contributed by atoms with Crippen molar-refractivity contribution in [1.82, 2.24) is 0 Å². The number of methoxy groups -OCH3 is 1. The van der Waals surface area contributed by atoms with Crippen molar-refractivity contribution in [2.45, 2.75) is 253 Å². The van der Waals surface area contributed by atoms with Crippen LogP contribution in [-0.4, -0.2) is 32.7 Å². The summed E-state index contributed by atoms with van der Waals surface area (Å²) in [6.07, 6.45) is 34.4. The summed E-state index contributed by atoms with van der Waals surface area (Å²) < 4.78 is 14.4. The molecule has 2 nitrogen and oxygen atoms in total. The van der Waals surface area contributed by atoms with Gasteiger partial charge in [-0.3, -0.25) is 0 Å². The summed E-state index contributed by atoms with van der Waals surface area (Å²) in [6.45, 7) is 21.8. The molecule has 1 aliphatic rings. The minimum absolute atomic E-state index is 0.0470. The molecule has 0 aromatic rings. The van der Waals surface area contributed by atoms with E-state index in [2.05, 4.69) is 62.3 Å². The average Bonchev–Trinajstić information content (AvgIpc) is 3.35. The summed E-state index contributed by atoms with van der Waals surface area (Å²) in [5, 5.41) is 0. The van der Waals surface area contributed by atoms with Crippen LogP contribution in [-0.2, 0) is 9.47 Å². The fraction of sp³-hybridized carbons (Fsp3) is 1.00. The fourth-order valence-corrected chi connectivity index (χ4v) is 9.63. The van der Waals surface area contributed by atoms with Gasteiger partial charge in [-0.1, -0.05) is 191 Å². The third-order valence-corrected chi connectivity index (χ3v) is 12.6. The molecule has 0 N–H and O–H groups in total. The van der Waals surface area contributed by atoms with E-state index in [1.165, 1.54) is 167 Å². The Bertz CT molecular complexity index is 743. The number of hydrogen-bond acceptors (Lipinski definition) is 2. The van der Waals surface area contributed by atoms with Crippen molar-refractivity contribution in [3.05, 3.63) is 0 Å². The van der Waals surface area contributed by atoms with Crippen LogP contribution < -0.4 is 0 Å². The van der Waals surface area contributed by atoms with Crippen molar-refractivity contribution in [2.75, 3.05) is 7.11 Å². The predicted molar refractivity (Wildman–Crippen MR) is 211 cm³/mol. The molecular formula is C44H87BO2. The van der Waals surface area contributed by atoms with Gasteiger partial charge in [-0.2, -0.15) is 0 Å². The first-order valence-electron chi connectivity index (χ1n) is 21.5. The van der Waals surface area contributed by atoms with Gasteiger partial charge in [-0.25, -0.2) is 0 Å². The van der Waals surface area contributed by atoms with Crippen molar-refractivity contribution >= 4 is 7.85 Å². The van der Waals surface area contributed by atoms with Crippen LogP contribution in [0.1, 0.15) is 236 Å². The van der Waals surface area contributed by atoms with E-state index in [0.29, 0.717) is 0 Å². The van der Waals surface area contributed by atoms with Crippen LogP contribution in [0.15, 0.2) is 0 Å². The molecule has 0 aromatic heterocycles. The molecule has 3 heteroatoms. The highest BCUT2D eigenvalue weighted by Gasteiger charge is 2.62. The van der Waals surface area contributed by atoms with E-state index >= 15 is 0 Å². The van der Waals surface area contributed by atoms with E-state index in [1.54, 1.807) is 0 Å². The standard InChI is InChI=1S/C44H87BO2/c1-11-17-23-28-31-41(7,32-29-24-18-12-2)37-44(45)39(42(8,33-22-16-6)34-26-20-14-4)38(46-10)40(47-44)43(9,35-27-21-15-5)36-30-25-19-13-3/h38-40H,11-37H2,1-10H3/t38?,39?,40?,42?,43?,44-/m1/s1. The lowest BCUT2D eigenvalue weighted by atomic mass is 9.52. The molecule has 1 aliphatic heterocycles. The molecule has 1 fully saturated rings. The second-order valence-corrected chi connectivity index (χ2v) is 17.4. The zero-order chi connectivity index (χ0) is 35.2. The average molecular weight is 659 g/mol. The van der Waals surface area contributed by atoms with Crippen molar-refractivity contribution < 1.29 is 9.47 Å². The smallest absolute Gasteiger partial charge is 0.114 e. The van der Waals surface area contributed by atoms with E-state index in [-0.39, 0.29) is 34.4 Å². The van der Waals surface area contributed by atoms with Gasteiger partial charge in [0.1, 0.15) is 7.85 Å². The minimum atomic E-state index is -0.667. The lowest BCUT2D eigenvalue weighted by Crippen LogP contribution is -2.51. The summed E-state index contributed by atoms with van der Waals surface area (Å²) in [5.41, 5.74) is -0.292. The Balaban J connectivity index is 3.73. The van der Waals surface area contributed by atoms with Gasteiger partial charge in [0.25, 0.3) is 0 Å². The maximum absolute atomic E-state index is 7.99. The zero-order valence-corrected chi connectivity index (χ0v) is 34.2. The molecule has 47 heavy (non-hydrogen) atoms. The Labute approximate surface area is 299 Å². The number of ether oxygens (including phenoxy) is 2. The quantitative estimate of drug-likeness (QED) is 0.0545. The molecule has 1 rings (SSSR count). The van der Waals surface area contributed by atoms with Crippen molar-refractivity contribution in [3.8, 4) is 0 Å². The van der Waals surface area contributed by atoms with Gasteiger partial charge in [0, 0.05) is 18.5 Å². The third-order valence-electron chi connectivity index (χ3n) is 12.6. The molecule has 0 saturated carbocycles. The van der Waals surface area contributed by atoms with Gasteiger partial charge in [0.2, 0.25) is 0 Å². The molecule has 5 unspecified atom stereocenters. The summed E-state index contributed by atoms with van der Waals surface area (Å²) in [6, 6.07) is 0. The first-order chi connectivity index (χ1) is 22.5. The van der Waals surface area contributed by atoms with Gasteiger partial charge in [-0.05, 0) is 61.2 Å². The Morgan fingerprint density at radius 2 is 0.872 bits per heavy atom. The van der Waals surface area contributed by atoms with Crippen LogP contribution in [0.5, 0.6) is 0 Å². The van der Waals surface area contributed by atoms with E-state index < -0.39 is 5.50 Å². The van der Waals surface area contributed by atoms with E-state index in [1.807, 2.05) is 7.11 Å². The van der Waals surface area contributed by atoms with Crippen LogP contribution in [0.4, 0.5) is 0 Å². The second-order valence-electron chi connectivity index (χ2n) is 17.4. The van der Waals surface area contributed by atoms with Crippen LogP contribution in [0.3, 0.4) is 0 Å². The van der Waals surface area contributed by atoms with E-state index in [4.69, 9.17) is 17.3 Å². The molecule has 0 bridgehead atoms. The summed E-state index contributed by atoms with van der Waals surface area (Å²) in [4.78, 5) is 0. The fourth-order valence-electron chi connectivity index (χ4n) is 9.63.